The lowest BCUT2D eigenvalue weighted by Crippen LogP contribution is -2.21. The van der Waals surface area contributed by atoms with Crippen molar-refractivity contribution in [1.82, 2.24) is 0 Å². The van der Waals surface area contributed by atoms with E-state index in [0.29, 0.717) is 11.6 Å². The van der Waals surface area contributed by atoms with E-state index >= 15 is 0 Å². The Labute approximate surface area is 104 Å². The lowest BCUT2D eigenvalue weighted by atomic mass is 10.3. The molecule has 0 heterocycles. The highest BCUT2D eigenvalue weighted by Gasteiger charge is 2.40. The summed E-state index contributed by atoms with van der Waals surface area (Å²) in [6.45, 7) is 1.66. The number of hydrogen-bond acceptors (Lipinski definition) is 3. The normalized spacial score (nSPS) is 21.2. The highest BCUT2D eigenvalue weighted by atomic mass is 19.1. The van der Waals surface area contributed by atoms with Gasteiger partial charge in [-0.25, -0.2) is 4.39 Å². The van der Waals surface area contributed by atoms with Crippen LogP contribution in [0.2, 0.25) is 0 Å². The van der Waals surface area contributed by atoms with Crippen molar-refractivity contribution in [1.29, 1.82) is 0 Å². The van der Waals surface area contributed by atoms with E-state index in [0.717, 1.165) is 6.42 Å². The number of anilines is 1. The molecule has 0 aromatic heterocycles. The number of halogens is 1. The van der Waals surface area contributed by atoms with Gasteiger partial charge in [-0.15, -0.1) is 0 Å². The van der Waals surface area contributed by atoms with Gasteiger partial charge in [0.2, 0.25) is 0 Å². The molecular weight excluding hydrogens is 237 g/mol. The molecule has 96 valence electrons. The van der Waals surface area contributed by atoms with Crippen LogP contribution in [0.15, 0.2) is 24.3 Å². The Kier molecular flexibility index (Phi) is 3.60. The third-order valence-electron chi connectivity index (χ3n) is 2.89. The zero-order chi connectivity index (χ0) is 13.1. The van der Waals surface area contributed by atoms with Gasteiger partial charge in [0.15, 0.2) is 6.61 Å². The minimum absolute atomic E-state index is 0.0522. The monoisotopic (exact) mass is 251 g/mol. The molecule has 1 aliphatic carbocycles. The summed E-state index contributed by atoms with van der Waals surface area (Å²) in [6, 6.07) is 5.37. The molecule has 1 aromatic rings. The van der Waals surface area contributed by atoms with Gasteiger partial charge < -0.3 is 10.1 Å². The van der Waals surface area contributed by atoms with Crippen molar-refractivity contribution in [3.05, 3.63) is 30.1 Å². The van der Waals surface area contributed by atoms with Crippen LogP contribution < -0.4 is 5.32 Å². The van der Waals surface area contributed by atoms with E-state index in [2.05, 4.69) is 5.32 Å². The number of carbonyl (C=O) groups is 2. The first-order valence-electron chi connectivity index (χ1n) is 5.78. The molecule has 4 nitrogen and oxygen atoms in total. The van der Waals surface area contributed by atoms with E-state index in [1.807, 2.05) is 6.92 Å². The van der Waals surface area contributed by atoms with Gasteiger partial charge >= 0.3 is 5.97 Å². The number of nitrogens with one attached hydrogen (secondary N) is 1. The molecule has 0 spiro atoms. The molecule has 1 aliphatic rings. The summed E-state index contributed by atoms with van der Waals surface area (Å²) in [6.07, 6.45) is 0.832. The highest BCUT2D eigenvalue weighted by Crippen LogP contribution is 2.38. The molecular formula is C13H14FNO3. The van der Waals surface area contributed by atoms with Crippen LogP contribution in [0.25, 0.3) is 0 Å². The van der Waals surface area contributed by atoms with Crippen molar-refractivity contribution < 1.29 is 18.7 Å². The Morgan fingerprint density at radius 3 is 2.56 bits per heavy atom. The second kappa shape index (κ2) is 5.16. The molecule has 1 saturated carbocycles. The molecule has 1 aromatic carbocycles. The third-order valence-corrected chi connectivity index (χ3v) is 2.89. The lowest BCUT2D eigenvalue weighted by Gasteiger charge is -2.06. The predicted octanol–water partition coefficient (Wildman–Crippen LogP) is 1.96. The van der Waals surface area contributed by atoms with Crippen LogP contribution in [0.4, 0.5) is 10.1 Å². The van der Waals surface area contributed by atoms with Gasteiger partial charge in [0, 0.05) is 5.69 Å². The smallest absolute Gasteiger partial charge is 0.309 e. The predicted molar refractivity (Wildman–Crippen MR) is 63.3 cm³/mol. The van der Waals surface area contributed by atoms with Crippen molar-refractivity contribution in [3.8, 4) is 0 Å². The number of hydrogen-bond donors (Lipinski definition) is 1. The number of carbonyl (C=O) groups excluding carboxylic acids is 2. The summed E-state index contributed by atoms with van der Waals surface area (Å²) in [5, 5.41) is 2.51. The average molecular weight is 251 g/mol. The van der Waals surface area contributed by atoms with Crippen molar-refractivity contribution in [2.45, 2.75) is 13.3 Å². The third kappa shape index (κ3) is 3.29. The van der Waals surface area contributed by atoms with Crippen molar-refractivity contribution in [2.75, 3.05) is 11.9 Å². The molecule has 0 bridgehead atoms. The molecule has 2 atom stereocenters. The SMILES string of the molecule is CC1CC1C(=O)OCC(=O)Nc1ccc(F)cc1. The number of amides is 1. The second-order valence-electron chi connectivity index (χ2n) is 4.48. The van der Waals surface area contributed by atoms with Gasteiger partial charge in [-0.05, 0) is 36.6 Å². The first kappa shape index (κ1) is 12.5. The van der Waals surface area contributed by atoms with Crippen molar-refractivity contribution in [2.24, 2.45) is 11.8 Å². The largest absolute Gasteiger partial charge is 0.455 e. The molecule has 1 N–H and O–H groups in total. The van der Waals surface area contributed by atoms with E-state index in [9.17, 15) is 14.0 Å². The number of esters is 1. The van der Waals surface area contributed by atoms with Crippen LogP contribution in [0.1, 0.15) is 13.3 Å². The van der Waals surface area contributed by atoms with Crippen LogP contribution in [-0.2, 0) is 14.3 Å². The molecule has 0 saturated heterocycles. The van der Waals surface area contributed by atoms with Crippen LogP contribution in [-0.4, -0.2) is 18.5 Å². The number of benzene rings is 1. The minimum atomic E-state index is -0.428. The first-order chi connectivity index (χ1) is 8.56. The van der Waals surface area contributed by atoms with Crippen molar-refractivity contribution >= 4 is 17.6 Å². The maximum absolute atomic E-state index is 12.6. The van der Waals surface area contributed by atoms with E-state index < -0.39 is 5.91 Å². The highest BCUT2D eigenvalue weighted by molar-refractivity contribution is 5.93. The molecule has 2 unspecified atom stereocenters. The summed E-state index contributed by atoms with van der Waals surface area (Å²) >= 11 is 0. The molecule has 2 rings (SSSR count). The molecule has 1 fully saturated rings. The molecule has 18 heavy (non-hydrogen) atoms. The molecule has 5 heteroatoms. The summed E-state index contributed by atoms with van der Waals surface area (Å²) in [4.78, 5) is 22.8. The quantitative estimate of drug-likeness (QED) is 0.832. The minimum Gasteiger partial charge on any atom is -0.455 e. The zero-order valence-corrected chi connectivity index (χ0v) is 9.98. The maximum atomic E-state index is 12.6. The fourth-order valence-corrected chi connectivity index (χ4v) is 1.62. The van der Waals surface area contributed by atoms with Crippen LogP contribution in [0.5, 0.6) is 0 Å². The second-order valence-corrected chi connectivity index (χ2v) is 4.48. The van der Waals surface area contributed by atoms with Crippen LogP contribution in [0.3, 0.4) is 0 Å². The molecule has 0 aliphatic heterocycles. The van der Waals surface area contributed by atoms with Gasteiger partial charge in [-0.3, -0.25) is 9.59 Å². The Morgan fingerprint density at radius 2 is 2.00 bits per heavy atom. The average Bonchev–Trinajstić information content (AvgIpc) is 3.06. The van der Waals surface area contributed by atoms with Crippen LogP contribution >= 0.6 is 0 Å². The maximum Gasteiger partial charge on any atom is 0.309 e. The van der Waals surface area contributed by atoms with Gasteiger partial charge in [0.25, 0.3) is 5.91 Å². The zero-order valence-electron chi connectivity index (χ0n) is 9.98. The lowest BCUT2D eigenvalue weighted by molar-refractivity contribution is -0.148. The Hall–Kier alpha value is -1.91. The number of ether oxygens (including phenoxy) is 1. The van der Waals surface area contributed by atoms with Gasteiger partial charge in [-0.2, -0.15) is 0 Å². The van der Waals surface area contributed by atoms with E-state index in [1.165, 1.54) is 24.3 Å². The Morgan fingerprint density at radius 1 is 1.39 bits per heavy atom. The molecule has 0 radical (unpaired) electrons. The summed E-state index contributed by atoms with van der Waals surface area (Å²) in [5.41, 5.74) is 0.470. The topological polar surface area (TPSA) is 55.4 Å². The van der Waals surface area contributed by atoms with Gasteiger partial charge in [0.05, 0.1) is 5.92 Å². The van der Waals surface area contributed by atoms with E-state index in [1.54, 1.807) is 0 Å². The van der Waals surface area contributed by atoms with Crippen molar-refractivity contribution in [3.63, 3.8) is 0 Å². The van der Waals surface area contributed by atoms with E-state index in [4.69, 9.17) is 4.74 Å². The Bertz CT molecular complexity index is 458. The number of rotatable bonds is 4. The fourth-order valence-electron chi connectivity index (χ4n) is 1.62. The van der Waals surface area contributed by atoms with Gasteiger partial charge in [-0.1, -0.05) is 6.92 Å². The first-order valence-corrected chi connectivity index (χ1v) is 5.78. The van der Waals surface area contributed by atoms with Crippen LogP contribution in [0, 0.1) is 17.7 Å². The van der Waals surface area contributed by atoms with Gasteiger partial charge in [0.1, 0.15) is 5.82 Å². The standard InChI is InChI=1S/C13H14FNO3/c1-8-6-11(8)13(17)18-7-12(16)15-10-4-2-9(14)3-5-10/h2-5,8,11H,6-7H2,1H3,(H,15,16). The fraction of sp³-hybridized carbons (Fsp3) is 0.385. The Balaban J connectivity index is 1.75. The van der Waals surface area contributed by atoms with E-state index in [-0.39, 0.29) is 24.3 Å². The molecule has 1 amide bonds. The summed E-state index contributed by atoms with van der Waals surface area (Å²) in [7, 11) is 0. The summed E-state index contributed by atoms with van der Waals surface area (Å²) in [5.74, 6) is -0.816. The summed E-state index contributed by atoms with van der Waals surface area (Å²) < 4.78 is 17.5.